The van der Waals surface area contributed by atoms with E-state index in [-0.39, 0.29) is 53.5 Å². The monoisotopic (exact) mass is 1900 g/mol. The molecule has 25 N–H and O–H groups in total. The van der Waals surface area contributed by atoms with Gasteiger partial charge in [-0.15, -0.1) is 0 Å². The fourth-order valence-corrected chi connectivity index (χ4v) is 17.0. The summed E-state index contributed by atoms with van der Waals surface area (Å²) in [7, 11) is 0. The first-order chi connectivity index (χ1) is 64.0. The van der Waals surface area contributed by atoms with E-state index in [1.807, 2.05) is 13.0 Å². The first-order valence-corrected chi connectivity index (χ1v) is 43.5. The number of aryl methyl sites for hydroxylation is 1. The summed E-state index contributed by atoms with van der Waals surface area (Å²) < 4.78 is 57.6. The van der Waals surface area contributed by atoms with Crippen LogP contribution in [-0.4, -0.2) is 260 Å². The van der Waals surface area contributed by atoms with Gasteiger partial charge in [0.15, 0.2) is 35.3 Å². The van der Waals surface area contributed by atoms with E-state index in [2.05, 4.69) is 42.5 Å². The molecule has 0 aromatic heterocycles. The maximum absolute atomic E-state index is 17.1. The van der Waals surface area contributed by atoms with Crippen LogP contribution in [-0.2, 0) is 74.9 Å². The first-order valence-electron chi connectivity index (χ1n) is 42.7. The van der Waals surface area contributed by atoms with Gasteiger partial charge in [-0.05, 0) is 144 Å². The molecule has 42 nitrogen and oxygen atoms in total. The molecule has 0 radical (unpaired) electrons. The Morgan fingerprint density at radius 1 is 0.515 bits per heavy atom. The summed E-state index contributed by atoms with van der Waals surface area (Å²) in [6.07, 6.45) is -22.2. The molecular formula is C90H99Cl2N9O33. The van der Waals surface area contributed by atoms with Gasteiger partial charge in [0.05, 0.1) is 35.9 Å². The largest absolute Gasteiger partial charge is 0.508 e. The average Bonchev–Trinajstić information content (AvgIpc) is 0.753. The van der Waals surface area contributed by atoms with Crippen LogP contribution in [0.15, 0.2) is 127 Å². The normalized spacial score (nSPS) is 28.8. The van der Waals surface area contributed by atoms with Gasteiger partial charge in [-0.3, -0.25) is 38.4 Å². The van der Waals surface area contributed by atoms with Gasteiger partial charge < -0.3 is 167 Å². The van der Waals surface area contributed by atoms with Crippen molar-refractivity contribution >= 4 is 76.4 Å². The molecule has 9 heterocycles. The Hall–Kier alpha value is -12.3. The van der Waals surface area contributed by atoms with Gasteiger partial charge in [0.1, 0.15) is 150 Å². The number of fused-ring (bicyclic) bond motifs is 14. The van der Waals surface area contributed by atoms with Crippen LogP contribution in [0.2, 0.25) is 10.0 Å². The zero-order valence-electron chi connectivity index (χ0n) is 71.3. The molecule has 134 heavy (non-hydrogen) atoms. The maximum atomic E-state index is 17.1. The molecule has 0 aliphatic carbocycles. The van der Waals surface area contributed by atoms with Crippen LogP contribution >= 0.6 is 23.2 Å². The molecule has 0 saturated carbocycles. The Kier molecular flexibility index (Phi) is 30.7. The summed E-state index contributed by atoms with van der Waals surface area (Å²) in [5, 5.41) is 191. The number of phenolic OH excluding ortho intramolecular Hbond substituents is 4. The van der Waals surface area contributed by atoms with Crippen LogP contribution in [0.1, 0.15) is 128 Å². The lowest BCUT2D eigenvalue weighted by molar-refractivity contribution is -0.284. The highest BCUT2D eigenvalue weighted by Crippen LogP contribution is 2.51. The number of hydrogen-bond donors (Lipinski definition) is 24. The molecule has 0 spiro atoms. The van der Waals surface area contributed by atoms with Crippen LogP contribution in [0.4, 0.5) is 0 Å². The minimum atomic E-state index is -2.59. The van der Waals surface area contributed by atoms with Gasteiger partial charge in [-0.1, -0.05) is 79.4 Å². The number of halogens is 2. The van der Waals surface area contributed by atoms with Crippen LogP contribution in [0.25, 0.3) is 11.1 Å². The van der Waals surface area contributed by atoms with E-state index in [0.29, 0.717) is 12.0 Å². The van der Waals surface area contributed by atoms with E-state index in [0.717, 1.165) is 105 Å². The Balaban J connectivity index is 1.04. The first kappa shape index (κ1) is 97.7. The Labute approximate surface area is 771 Å². The standard InChI is InChI=1S/C90H99Cl2N9O33/c1-3-4-5-6-7-8-9-10-63(110)96-70-76(115)73(112)61(34-103)131-89(70)134-80-58-28-42-29-59(80)128-55-20-15-40(27-49(55)92)79(133-88-69(94-36(2)105)75(114)72(111)60(33-102)130-88)71-86(123)100-68(87(124)125)47-31-44(107)32-57(129-90-78(117)77(116)74(113)62(35-104)132-90)64(47)46-26-39(14-18-52(46)108)65(83(120)101-71)98-85(122)67(42)99-84(121)66-41-24-43(106)30-45(25-41)126-56-23-37(12-17-53(56)109)11-16-50(93)81(118)95-51(82(119)97-66)22-38-13-19-54(127-58)48(91)21-38/h7-8,12-15,17-21,23-32,50-51,60-62,65-79,88-90,102-104,106-109,111-117H,3-6,9-11,16,22,33-35,93H2,1-2H3,(H,94,105)(H,95,118)(H,96,110)(H,97,119)(H,98,122)(H,99,121)(H,100,123)(H,101,120)(H,124,125)/t50-,51-,60-,61-,62-,65-,66?,67-,68-,69-,70-,71+,72-,73-,74-,75-,76-,77+,78+,79-,88+,89+,90+/m1/s1. The molecule has 23 atom stereocenters. The van der Waals surface area contributed by atoms with Gasteiger partial charge >= 0.3 is 5.97 Å². The fourth-order valence-electron chi connectivity index (χ4n) is 16.6. The minimum absolute atomic E-state index is 0.0872. The summed E-state index contributed by atoms with van der Waals surface area (Å²) in [6.45, 7) is -0.145. The Morgan fingerprint density at radius 2 is 1.09 bits per heavy atom. The molecule has 9 aliphatic rings. The predicted molar refractivity (Wildman–Crippen MR) is 462 cm³/mol. The zero-order chi connectivity index (χ0) is 96.1. The number of aliphatic hydroxyl groups is 10. The van der Waals surface area contributed by atoms with Crippen molar-refractivity contribution in [2.45, 2.75) is 212 Å². The SMILES string of the molecule is CCCCCC=CCCC(=O)N[C@H]1[C@H](Oc2c3cc4cc2Oc2ccc(cc2Cl)[C@@H](O[C@@H]2O[C@H](CO)[C@@H](O)[C@H](O)[C@H]2NC(C)=O)[C@@H]2NC(=O)[C@H](NC(=O)[C@@H]4NC(=O)C4NC(=O)[C@@H](Cc5ccc(c(Cl)c5)O3)NC(=O)[C@H](N)CCc3ccc(O)c(c3)Oc3cc(O)cc4c3)c3ccc(O)c(c3)-c3c(O[C@H]4O[C@H](CO)[C@@H](O)[C@H](O)[C@@H]4O)cc(O)cc3[C@H](C(=O)O)NC2=O)O[C@H](CO)[C@@H](O)[C@@H]1O. The summed E-state index contributed by atoms with van der Waals surface area (Å²) in [5.74, 6) is -19.2. The van der Waals surface area contributed by atoms with Gasteiger partial charge in [0.25, 0.3) is 0 Å². The lowest BCUT2D eigenvalue weighted by Gasteiger charge is -2.44. The number of rotatable bonds is 19. The number of carboxylic acid groups (broad SMARTS) is 1. The molecule has 7 aromatic carbocycles. The smallest absolute Gasteiger partial charge is 0.330 e. The highest BCUT2D eigenvalue weighted by molar-refractivity contribution is 6.32. The topological polar surface area (TPSA) is 662 Å². The number of carbonyl (C=O) groups excluding carboxylic acids is 8. The molecule has 17 bridgehead atoms. The fraction of sp³-hybridized carbons (Fsp3) is 0.411. The third-order valence-corrected chi connectivity index (χ3v) is 24.2. The van der Waals surface area contributed by atoms with Crippen LogP contribution in [0, 0.1) is 0 Å². The van der Waals surface area contributed by atoms with Crippen LogP contribution in [0.3, 0.4) is 0 Å². The van der Waals surface area contributed by atoms with E-state index in [9.17, 15) is 95.8 Å². The van der Waals surface area contributed by atoms with Crippen molar-refractivity contribution in [3.63, 3.8) is 0 Å². The number of benzene rings is 7. The minimum Gasteiger partial charge on any atom is -0.508 e. The number of phenols is 4. The molecule has 1 unspecified atom stereocenters. The molecule has 9 aliphatic heterocycles. The van der Waals surface area contributed by atoms with Gasteiger partial charge in [0, 0.05) is 48.6 Å². The van der Waals surface area contributed by atoms with E-state index in [4.69, 9.17) is 71.6 Å². The van der Waals surface area contributed by atoms with Crippen molar-refractivity contribution in [1.29, 1.82) is 0 Å². The molecule has 8 amide bonds. The molecule has 3 fully saturated rings. The highest BCUT2D eigenvalue weighted by Gasteiger charge is 2.52. The lowest BCUT2D eigenvalue weighted by Crippen LogP contribution is -2.65. The quantitative estimate of drug-likeness (QED) is 0.0399. The van der Waals surface area contributed by atoms with Crippen LogP contribution in [0.5, 0.6) is 69.0 Å². The van der Waals surface area contributed by atoms with Crippen molar-refractivity contribution in [3.8, 4) is 80.1 Å². The maximum Gasteiger partial charge on any atom is 0.330 e. The zero-order valence-corrected chi connectivity index (χ0v) is 72.8. The number of amides is 8. The van der Waals surface area contributed by atoms with E-state index in [1.165, 1.54) is 36.4 Å². The molecule has 7 aromatic rings. The molecule has 44 heteroatoms. The Morgan fingerprint density at radius 3 is 1.73 bits per heavy atom. The summed E-state index contributed by atoms with van der Waals surface area (Å²) in [6, 6.07) is 1.62. The summed E-state index contributed by atoms with van der Waals surface area (Å²) in [4.78, 5) is 139. The second-order valence-electron chi connectivity index (χ2n) is 33.1. The van der Waals surface area contributed by atoms with Crippen LogP contribution < -0.4 is 72.0 Å². The number of allylic oxidation sites excluding steroid dienone is 2. The number of carboxylic acids is 1. The van der Waals surface area contributed by atoms with Crippen molar-refractivity contribution in [3.05, 3.63) is 176 Å². The van der Waals surface area contributed by atoms with E-state index in [1.54, 1.807) is 6.08 Å². The number of carbonyl (C=O) groups is 9. The summed E-state index contributed by atoms with van der Waals surface area (Å²) in [5.41, 5.74) is 3.22. The number of ether oxygens (including phenoxy) is 9. The number of unbranched alkanes of at least 4 members (excludes halogenated alkanes) is 3. The van der Waals surface area contributed by atoms with Gasteiger partial charge in [0.2, 0.25) is 65.6 Å². The third kappa shape index (κ3) is 21.6. The number of hydrogen-bond acceptors (Lipinski definition) is 33. The van der Waals surface area contributed by atoms with Crippen molar-refractivity contribution in [1.82, 2.24) is 42.5 Å². The average molecular weight is 1910 g/mol. The van der Waals surface area contributed by atoms with Gasteiger partial charge in [-0.2, -0.15) is 0 Å². The van der Waals surface area contributed by atoms with Gasteiger partial charge in [-0.25, -0.2) is 4.79 Å². The molecule has 16 rings (SSSR count). The third-order valence-electron chi connectivity index (χ3n) is 23.6. The van der Waals surface area contributed by atoms with Crippen molar-refractivity contribution in [2.75, 3.05) is 19.8 Å². The molecule has 3 saturated heterocycles. The number of aliphatic hydroxyl groups excluding tert-OH is 10. The predicted octanol–water partition coefficient (Wildman–Crippen LogP) is 1.20. The van der Waals surface area contributed by atoms with Crippen molar-refractivity contribution < 1.29 is 162 Å². The van der Waals surface area contributed by atoms with Crippen molar-refractivity contribution in [2.24, 2.45) is 5.73 Å². The number of aromatic hydroxyl groups is 4. The number of nitrogens with one attached hydrogen (secondary N) is 8. The molecular weight excluding hydrogens is 1810 g/mol. The molecule has 716 valence electrons. The van der Waals surface area contributed by atoms with E-state index < -0.39 is 316 Å². The second kappa shape index (κ2) is 42.1. The number of nitrogens with two attached hydrogens (primary N) is 1. The van der Waals surface area contributed by atoms with E-state index >= 15 is 24.0 Å². The summed E-state index contributed by atoms with van der Waals surface area (Å²) >= 11 is 14.8. The second-order valence-corrected chi connectivity index (χ2v) is 33.9. The number of aliphatic carboxylic acids is 1. The highest BCUT2D eigenvalue weighted by atomic mass is 35.5. The Bertz CT molecular complexity index is 5640. The lowest BCUT2D eigenvalue weighted by atomic mass is 9.89.